The van der Waals surface area contributed by atoms with Crippen molar-refractivity contribution >= 4 is 0 Å². The molecule has 1 heteroatoms. The SMILES string of the molecule is CC1(C)CNCCC1CCC1CC1. The van der Waals surface area contributed by atoms with Gasteiger partial charge in [-0.25, -0.2) is 0 Å². The Morgan fingerprint density at radius 1 is 1.15 bits per heavy atom. The fourth-order valence-electron chi connectivity index (χ4n) is 2.60. The van der Waals surface area contributed by atoms with Crippen LogP contribution in [0.25, 0.3) is 0 Å². The summed E-state index contributed by atoms with van der Waals surface area (Å²) in [6, 6.07) is 0. The van der Waals surface area contributed by atoms with Crippen LogP contribution in [0.15, 0.2) is 0 Å². The Kier molecular flexibility index (Phi) is 2.64. The van der Waals surface area contributed by atoms with Gasteiger partial charge in [0.25, 0.3) is 0 Å². The van der Waals surface area contributed by atoms with Gasteiger partial charge in [-0.15, -0.1) is 0 Å². The van der Waals surface area contributed by atoms with Crippen LogP contribution < -0.4 is 5.32 Å². The fraction of sp³-hybridized carbons (Fsp3) is 1.00. The molecule has 1 aliphatic carbocycles. The maximum absolute atomic E-state index is 3.51. The molecule has 0 spiro atoms. The maximum atomic E-state index is 3.51. The van der Waals surface area contributed by atoms with E-state index >= 15 is 0 Å². The molecule has 0 radical (unpaired) electrons. The largest absolute Gasteiger partial charge is 0.316 e. The average Bonchev–Trinajstić information content (AvgIpc) is 2.85. The first kappa shape index (κ1) is 9.51. The molecule has 13 heavy (non-hydrogen) atoms. The zero-order chi connectivity index (χ0) is 9.31. The Balaban J connectivity index is 1.79. The molecule has 1 atom stereocenters. The van der Waals surface area contributed by atoms with Crippen molar-refractivity contribution in [1.82, 2.24) is 5.32 Å². The van der Waals surface area contributed by atoms with Crippen molar-refractivity contribution in [2.75, 3.05) is 13.1 Å². The number of hydrogen-bond acceptors (Lipinski definition) is 1. The molecule has 1 heterocycles. The van der Waals surface area contributed by atoms with Crippen molar-refractivity contribution in [3.05, 3.63) is 0 Å². The second-order valence-electron chi connectivity index (χ2n) is 5.67. The summed E-state index contributed by atoms with van der Waals surface area (Å²) in [7, 11) is 0. The van der Waals surface area contributed by atoms with Crippen LogP contribution >= 0.6 is 0 Å². The molecule has 0 aromatic heterocycles. The van der Waals surface area contributed by atoms with E-state index in [-0.39, 0.29) is 0 Å². The third-order valence-electron chi connectivity index (χ3n) is 3.98. The van der Waals surface area contributed by atoms with Crippen LogP contribution in [-0.2, 0) is 0 Å². The smallest absolute Gasteiger partial charge is 0.000518 e. The van der Waals surface area contributed by atoms with E-state index in [1.807, 2.05) is 0 Å². The number of hydrogen-bond donors (Lipinski definition) is 1. The highest BCUT2D eigenvalue weighted by molar-refractivity contribution is 4.86. The van der Waals surface area contributed by atoms with Crippen molar-refractivity contribution < 1.29 is 0 Å². The van der Waals surface area contributed by atoms with Gasteiger partial charge in [0.2, 0.25) is 0 Å². The highest BCUT2D eigenvalue weighted by atomic mass is 14.9. The van der Waals surface area contributed by atoms with Gasteiger partial charge in [0, 0.05) is 6.54 Å². The summed E-state index contributed by atoms with van der Waals surface area (Å²) < 4.78 is 0. The Hall–Kier alpha value is -0.0400. The van der Waals surface area contributed by atoms with E-state index in [0.717, 1.165) is 11.8 Å². The molecule has 1 unspecified atom stereocenters. The van der Waals surface area contributed by atoms with Gasteiger partial charge in [-0.2, -0.15) is 0 Å². The molecule has 0 aromatic carbocycles. The van der Waals surface area contributed by atoms with E-state index in [9.17, 15) is 0 Å². The first-order valence-corrected chi connectivity index (χ1v) is 5.89. The van der Waals surface area contributed by atoms with E-state index in [1.165, 1.54) is 45.2 Å². The van der Waals surface area contributed by atoms with Crippen molar-refractivity contribution in [3.63, 3.8) is 0 Å². The lowest BCUT2D eigenvalue weighted by molar-refractivity contribution is 0.142. The molecule has 0 aromatic rings. The second-order valence-corrected chi connectivity index (χ2v) is 5.67. The molecule has 2 fully saturated rings. The highest BCUT2D eigenvalue weighted by Gasteiger charge is 2.33. The minimum atomic E-state index is 0.549. The summed E-state index contributed by atoms with van der Waals surface area (Å²) in [5.74, 6) is 2.10. The molecule has 0 amide bonds. The number of piperidine rings is 1. The van der Waals surface area contributed by atoms with Crippen molar-refractivity contribution in [2.45, 2.75) is 46.0 Å². The zero-order valence-corrected chi connectivity index (χ0v) is 9.10. The Labute approximate surface area is 82.3 Å². The summed E-state index contributed by atoms with van der Waals surface area (Å²) in [6.07, 6.45) is 7.43. The fourth-order valence-corrected chi connectivity index (χ4v) is 2.60. The monoisotopic (exact) mass is 181 g/mol. The molecule has 1 saturated heterocycles. The first-order chi connectivity index (χ1) is 6.18. The zero-order valence-electron chi connectivity index (χ0n) is 9.10. The summed E-state index contributed by atoms with van der Waals surface area (Å²) in [5, 5.41) is 3.51. The number of rotatable bonds is 3. The predicted octanol–water partition coefficient (Wildman–Crippen LogP) is 2.81. The van der Waals surface area contributed by atoms with E-state index in [2.05, 4.69) is 19.2 Å². The van der Waals surface area contributed by atoms with Crippen LogP contribution in [0.5, 0.6) is 0 Å². The van der Waals surface area contributed by atoms with Crippen LogP contribution in [0.1, 0.15) is 46.0 Å². The lowest BCUT2D eigenvalue weighted by Gasteiger charge is -2.39. The van der Waals surface area contributed by atoms with Gasteiger partial charge in [-0.05, 0) is 36.6 Å². The van der Waals surface area contributed by atoms with Gasteiger partial charge in [-0.1, -0.05) is 33.1 Å². The summed E-state index contributed by atoms with van der Waals surface area (Å²) in [6.45, 7) is 7.33. The van der Waals surface area contributed by atoms with Gasteiger partial charge in [-0.3, -0.25) is 0 Å². The van der Waals surface area contributed by atoms with Gasteiger partial charge in [0.1, 0.15) is 0 Å². The van der Waals surface area contributed by atoms with Gasteiger partial charge >= 0.3 is 0 Å². The van der Waals surface area contributed by atoms with Crippen molar-refractivity contribution in [1.29, 1.82) is 0 Å². The standard InChI is InChI=1S/C12H23N/c1-12(2)9-13-8-7-11(12)6-5-10-3-4-10/h10-11,13H,3-9H2,1-2H3. The molecule has 0 bridgehead atoms. The van der Waals surface area contributed by atoms with E-state index in [4.69, 9.17) is 0 Å². The molecular weight excluding hydrogens is 158 g/mol. The van der Waals surface area contributed by atoms with E-state index in [1.54, 1.807) is 0 Å². The molecule has 1 saturated carbocycles. The van der Waals surface area contributed by atoms with Gasteiger partial charge in [0.05, 0.1) is 0 Å². The third kappa shape index (κ3) is 2.46. The molecule has 2 aliphatic rings. The minimum Gasteiger partial charge on any atom is -0.316 e. The van der Waals surface area contributed by atoms with Crippen molar-refractivity contribution in [3.8, 4) is 0 Å². The molecule has 1 N–H and O–H groups in total. The maximum Gasteiger partial charge on any atom is 0.000518 e. The van der Waals surface area contributed by atoms with Crippen LogP contribution in [-0.4, -0.2) is 13.1 Å². The van der Waals surface area contributed by atoms with Crippen molar-refractivity contribution in [2.24, 2.45) is 17.3 Å². The minimum absolute atomic E-state index is 0.549. The second kappa shape index (κ2) is 3.61. The Morgan fingerprint density at radius 2 is 1.92 bits per heavy atom. The quantitative estimate of drug-likeness (QED) is 0.706. The Morgan fingerprint density at radius 3 is 2.54 bits per heavy atom. The number of nitrogens with one attached hydrogen (secondary N) is 1. The average molecular weight is 181 g/mol. The summed E-state index contributed by atoms with van der Waals surface area (Å²) >= 11 is 0. The predicted molar refractivity (Wildman–Crippen MR) is 56.7 cm³/mol. The first-order valence-electron chi connectivity index (χ1n) is 5.89. The van der Waals surface area contributed by atoms with E-state index in [0.29, 0.717) is 5.41 Å². The third-order valence-corrected chi connectivity index (χ3v) is 3.98. The van der Waals surface area contributed by atoms with Crippen LogP contribution in [0.2, 0.25) is 0 Å². The van der Waals surface area contributed by atoms with Gasteiger partial charge < -0.3 is 5.32 Å². The van der Waals surface area contributed by atoms with Crippen LogP contribution in [0.3, 0.4) is 0 Å². The Bertz CT molecular complexity index is 170. The van der Waals surface area contributed by atoms with E-state index < -0.39 is 0 Å². The van der Waals surface area contributed by atoms with Crippen LogP contribution in [0, 0.1) is 17.3 Å². The summed E-state index contributed by atoms with van der Waals surface area (Å²) in [4.78, 5) is 0. The van der Waals surface area contributed by atoms with Gasteiger partial charge in [0.15, 0.2) is 0 Å². The lowest BCUT2D eigenvalue weighted by Crippen LogP contribution is -2.42. The molecule has 76 valence electrons. The topological polar surface area (TPSA) is 12.0 Å². The van der Waals surface area contributed by atoms with Crippen LogP contribution in [0.4, 0.5) is 0 Å². The molecule has 1 nitrogen and oxygen atoms in total. The summed E-state index contributed by atoms with van der Waals surface area (Å²) in [5.41, 5.74) is 0.549. The highest BCUT2D eigenvalue weighted by Crippen LogP contribution is 2.40. The molecule has 2 rings (SSSR count). The molecule has 1 aliphatic heterocycles. The molecular formula is C12H23N. The lowest BCUT2D eigenvalue weighted by atomic mass is 9.72. The normalized spacial score (nSPS) is 33.2.